The third kappa shape index (κ3) is 4.87. The van der Waals surface area contributed by atoms with E-state index in [-0.39, 0.29) is 26.8 Å². The van der Waals surface area contributed by atoms with Crippen molar-refractivity contribution in [2.75, 3.05) is 10.5 Å². The van der Waals surface area contributed by atoms with E-state index in [1.165, 1.54) is 5.51 Å². The number of hydrogen-bond donors (Lipinski definition) is 2. The second-order valence-electron chi connectivity index (χ2n) is 8.22. The number of nitrogen functional groups attached to an aromatic ring is 1. The van der Waals surface area contributed by atoms with Crippen molar-refractivity contribution in [1.29, 1.82) is 0 Å². The van der Waals surface area contributed by atoms with Crippen LogP contribution in [0.2, 0.25) is 0 Å². The fraction of sp³-hybridized carbons (Fsp3) is 0.0870. The summed E-state index contributed by atoms with van der Waals surface area (Å²) in [7, 11) is -4.79. The van der Waals surface area contributed by atoms with Gasteiger partial charge in [0.15, 0.2) is 5.82 Å². The van der Waals surface area contributed by atoms with Crippen LogP contribution in [0.4, 0.5) is 37.8 Å². The number of pyridine rings is 2. The quantitative estimate of drug-likeness (QED) is 0.279. The molecule has 2 aromatic carbocycles. The molecule has 202 valence electrons. The van der Waals surface area contributed by atoms with Gasteiger partial charge in [-0.2, -0.15) is 13.2 Å². The van der Waals surface area contributed by atoms with Gasteiger partial charge in [0.05, 0.1) is 38.1 Å². The molecule has 0 radical (unpaired) electrons. The van der Waals surface area contributed by atoms with Gasteiger partial charge in [-0.25, -0.2) is 31.6 Å². The van der Waals surface area contributed by atoms with Gasteiger partial charge in [0.2, 0.25) is 0 Å². The minimum Gasteiger partial charge on any atom is -0.384 e. The van der Waals surface area contributed by atoms with Gasteiger partial charge in [-0.3, -0.25) is 14.1 Å². The Hall–Kier alpha value is -4.18. The van der Waals surface area contributed by atoms with Crippen molar-refractivity contribution in [1.82, 2.24) is 14.5 Å². The number of rotatable bonds is 5. The molecule has 16 heteroatoms. The maximum atomic E-state index is 15.6. The number of hydrogen-bond acceptors (Lipinski definition) is 7. The first-order chi connectivity index (χ1) is 18.2. The third-order valence-electron chi connectivity index (χ3n) is 5.62. The van der Waals surface area contributed by atoms with E-state index in [0.29, 0.717) is 16.8 Å². The van der Waals surface area contributed by atoms with E-state index in [9.17, 15) is 35.2 Å². The summed E-state index contributed by atoms with van der Waals surface area (Å²) < 4.78 is 113. The Bertz CT molecular complexity index is 1950. The minimum absolute atomic E-state index is 0.104. The van der Waals surface area contributed by atoms with Crippen molar-refractivity contribution in [3.05, 3.63) is 75.9 Å². The second kappa shape index (κ2) is 9.23. The van der Waals surface area contributed by atoms with Crippen LogP contribution in [0.25, 0.3) is 32.2 Å². The smallest absolute Gasteiger partial charge is 0.384 e. The number of halogens is 6. The minimum atomic E-state index is -4.90. The number of benzene rings is 2. The second-order valence-corrected chi connectivity index (χ2v) is 10.8. The van der Waals surface area contributed by atoms with Crippen molar-refractivity contribution >= 4 is 54.0 Å². The Morgan fingerprint density at radius 2 is 1.77 bits per heavy atom. The van der Waals surface area contributed by atoms with E-state index in [1.807, 2.05) is 4.72 Å². The van der Waals surface area contributed by atoms with Crippen molar-refractivity contribution < 1.29 is 34.8 Å². The molecule has 39 heavy (non-hydrogen) atoms. The Morgan fingerprint density at radius 3 is 2.49 bits per heavy atom. The summed E-state index contributed by atoms with van der Waals surface area (Å²) in [6.45, 7) is -1.81. The first-order valence-corrected chi connectivity index (χ1v) is 13.0. The van der Waals surface area contributed by atoms with E-state index in [1.54, 1.807) is 0 Å². The normalized spacial score (nSPS) is 12.4. The lowest BCUT2D eigenvalue weighted by atomic mass is 10.0. The average molecular weight is 586 g/mol. The highest BCUT2D eigenvalue weighted by molar-refractivity contribution is 7.92. The number of nitrogens with two attached hydrogens (primary N) is 1. The first kappa shape index (κ1) is 26.4. The summed E-state index contributed by atoms with van der Waals surface area (Å²) in [5.41, 5.74) is 2.55. The Balaban J connectivity index is 1.67. The van der Waals surface area contributed by atoms with Crippen LogP contribution in [0, 0.1) is 17.5 Å². The van der Waals surface area contributed by atoms with Crippen LogP contribution in [-0.2, 0) is 16.6 Å². The van der Waals surface area contributed by atoms with Crippen LogP contribution < -0.4 is 16.0 Å². The topological polar surface area (TPSA) is 120 Å². The molecule has 8 nitrogen and oxygen atoms in total. The third-order valence-corrected chi connectivity index (χ3v) is 7.79. The molecule has 5 rings (SSSR count). The molecule has 0 unspecified atom stereocenters. The van der Waals surface area contributed by atoms with Crippen LogP contribution >= 0.6 is 11.3 Å². The summed E-state index contributed by atoms with van der Waals surface area (Å²) in [6, 6.07) is 5.05. The molecule has 5 aromatic rings. The SMILES string of the molecule is Nc1cc2c(cn1)cc(-c1c(F)ccc(NS(=O)(=O)c3cc4scnc4cc3F)c1F)c(=O)n2CC(F)(F)F. The number of nitrogens with one attached hydrogen (secondary N) is 1. The van der Waals surface area contributed by atoms with Crippen molar-refractivity contribution in [2.24, 2.45) is 0 Å². The summed E-state index contributed by atoms with van der Waals surface area (Å²) >= 11 is 1.02. The molecule has 0 saturated heterocycles. The summed E-state index contributed by atoms with van der Waals surface area (Å²) in [6.07, 6.45) is -3.88. The fourth-order valence-corrected chi connectivity index (χ4v) is 5.87. The van der Waals surface area contributed by atoms with Gasteiger partial charge in [0, 0.05) is 23.7 Å². The molecule has 3 heterocycles. The summed E-state index contributed by atoms with van der Waals surface area (Å²) in [4.78, 5) is 19.9. The van der Waals surface area contributed by atoms with Crippen molar-refractivity contribution in [3.63, 3.8) is 0 Å². The zero-order valence-electron chi connectivity index (χ0n) is 19.1. The Morgan fingerprint density at radius 1 is 1.03 bits per heavy atom. The zero-order valence-corrected chi connectivity index (χ0v) is 20.7. The number of nitrogens with zero attached hydrogens (tertiary/aromatic N) is 3. The molecule has 0 amide bonds. The standard InChI is InChI=1S/C23H13F6N5O3S2/c24-12-1-2-14(33-39(36,37)18-6-17-15(4-13(18)25)32-9-38-17)21(26)20(12)11-3-10-7-31-19(30)5-16(10)34(22(11)35)8-23(27,28)29/h1-7,9,33H,8H2,(H2,30,31). The largest absolute Gasteiger partial charge is 0.406 e. The number of fused-ring (bicyclic) bond motifs is 2. The monoisotopic (exact) mass is 585 g/mol. The lowest BCUT2D eigenvalue weighted by Gasteiger charge is -2.17. The summed E-state index contributed by atoms with van der Waals surface area (Å²) in [5.74, 6) is -4.38. The van der Waals surface area contributed by atoms with Gasteiger partial charge in [-0.15, -0.1) is 11.3 Å². The van der Waals surface area contributed by atoms with Crippen LogP contribution in [0.5, 0.6) is 0 Å². The molecule has 0 aliphatic heterocycles. The van der Waals surface area contributed by atoms with Crippen LogP contribution in [0.3, 0.4) is 0 Å². The maximum absolute atomic E-state index is 15.6. The zero-order chi connectivity index (χ0) is 28.3. The molecule has 0 aliphatic carbocycles. The van der Waals surface area contributed by atoms with E-state index in [2.05, 4.69) is 9.97 Å². The molecule has 0 atom stereocenters. The highest BCUT2D eigenvalue weighted by atomic mass is 32.2. The van der Waals surface area contributed by atoms with Gasteiger partial charge in [-0.1, -0.05) is 0 Å². The highest BCUT2D eigenvalue weighted by Gasteiger charge is 2.31. The lowest BCUT2D eigenvalue weighted by molar-refractivity contribution is -0.140. The van der Waals surface area contributed by atoms with Crippen molar-refractivity contribution in [2.45, 2.75) is 17.6 Å². The fourth-order valence-electron chi connectivity index (χ4n) is 3.95. The number of sulfonamides is 1. The Labute approximate surface area is 218 Å². The molecule has 3 aromatic heterocycles. The van der Waals surface area contributed by atoms with Crippen LogP contribution in [0.15, 0.2) is 57.8 Å². The van der Waals surface area contributed by atoms with Crippen LogP contribution in [-0.4, -0.2) is 29.1 Å². The Kier molecular flexibility index (Phi) is 6.26. The number of thiazole rings is 1. The molecule has 3 N–H and O–H groups in total. The molecule has 0 bridgehead atoms. The number of alkyl halides is 3. The van der Waals surface area contributed by atoms with Gasteiger partial charge >= 0.3 is 6.18 Å². The van der Waals surface area contributed by atoms with Crippen molar-refractivity contribution in [3.8, 4) is 11.1 Å². The average Bonchev–Trinajstić information content (AvgIpc) is 3.30. The molecular weight excluding hydrogens is 572 g/mol. The molecular formula is C23H13F6N5O3S2. The maximum Gasteiger partial charge on any atom is 0.406 e. The van der Waals surface area contributed by atoms with Gasteiger partial charge < -0.3 is 5.73 Å². The van der Waals surface area contributed by atoms with E-state index in [4.69, 9.17) is 5.73 Å². The first-order valence-electron chi connectivity index (χ1n) is 10.6. The van der Waals surface area contributed by atoms with E-state index in [0.717, 1.165) is 41.8 Å². The van der Waals surface area contributed by atoms with Crippen LogP contribution in [0.1, 0.15) is 0 Å². The molecule has 0 spiro atoms. The molecule has 0 saturated carbocycles. The van der Waals surface area contributed by atoms with Gasteiger partial charge in [-0.05, 0) is 24.3 Å². The van der Waals surface area contributed by atoms with E-state index < -0.39 is 67.5 Å². The lowest BCUT2D eigenvalue weighted by Crippen LogP contribution is -2.30. The van der Waals surface area contributed by atoms with E-state index >= 15 is 4.39 Å². The highest BCUT2D eigenvalue weighted by Crippen LogP contribution is 2.33. The number of aromatic nitrogens is 3. The molecule has 0 fully saturated rings. The summed E-state index contributed by atoms with van der Waals surface area (Å²) in [5, 5.41) is -0.104. The van der Waals surface area contributed by atoms with Gasteiger partial charge in [0.25, 0.3) is 15.6 Å². The predicted molar refractivity (Wildman–Crippen MR) is 132 cm³/mol. The molecule has 0 aliphatic rings. The van der Waals surface area contributed by atoms with Gasteiger partial charge in [0.1, 0.15) is 28.9 Å². The predicted octanol–water partition coefficient (Wildman–Crippen LogP) is 5.04. The number of anilines is 2.